The van der Waals surface area contributed by atoms with Crippen molar-refractivity contribution < 1.29 is 9.90 Å². The minimum atomic E-state index is -0.676. The Labute approximate surface area is 244 Å². The molecule has 2 aromatic carbocycles. The van der Waals surface area contributed by atoms with Crippen LogP contribution in [-0.2, 0) is 11.2 Å². The summed E-state index contributed by atoms with van der Waals surface area (Å²) in [6, 6.07) is 19.1. The molecule has 6 heteroatoms. The summed E-state index contributed by atoms with van der Waals surface area (Å²) >= 11 is 1.91. The summed E-state index contributed by atoms with van der Waals surface area (Å²) in [6.45, 7) is 13.5. The molecule has 214 valence electrons. The van der Waals surface area contributed by atoms with Gasteiger partial charge in [-0.3, -0.25) is 9.69 Å². The van der Waals surface area contributed by atoms with Crippen LogP contribution >= 0.6 is 11.3 Å². The lowest BCUT2D eigenvalue weighted by atomic mass is 9.87. The molecule has 1 aromatic heterocycles. The van der Waals surface area contributed by atoms with Gasteiger partial charge in [-0.1, -0.05) is 74.0 Å². The van der Waals surface area contributed by atoms with Crippen LogP contribution in [0.25, 0.3) is 0 Å². The summed E-state index contributed by atoms with van der Waals surface area (Å²) < 4.78 is 0. The first-order chi connectivity index (χ1) is 19.3. The molecule has 0 radical (unpaired) electrons. The number of carbonyl (C=O) groups is 1. The largest absolute Gasteiger partial charge is 0.480 e. The number of carboxylic acid groups (broad SMARTS) is 1. The quantitative estimate of drug-likeness (QED) is 0.298. The Morgan fingerprint density at radius 2 is 1.80 bits per heavy atom. The van der Waals surface area contributed by atoms with Crippen molar-refractivity contribution >= 4 is 17.3 Å². The SMILES string of the molecule is Cc1cccc([C@H]2CN([C@H](CC(C)C)C(=O)O)C[C@@H]2CN2CCC(c3sc(Cc4ccccc4)nc3C)CC2)c1. The molecule has 5 nitrogen and oxygen atoms in total. The van der Waals surface area contributed by atoms with E-state index in [-0.39, 0.29) is 0 Å². The molecule has 3 atom stereocenters. The van der Waals surface area contributed by atoms with Crippen LogP contribution in [0.15, 0.2) is 54.6 Å². The highest BCUT2D eigenvalue weighted by atomic mass is 32.1. The highest BCUT2D eigenvalue weighted by Crippen LogP contribution is 2.38. The Hall–Kier alpha value is -2.54. The summed E-state index contributed by atoms with van der Waals surface area (Å²) in [7, 11) is 0. The molecule has 2 fully saturated rings. The van der Waals surface area contributed by atoms with Gasteiger partial charge >= 0.3 is 5.97 Å². The molecule has 1 N–H and O–H groups in total. The van der Waals surface area contributed by atoms with Crippen LogP contribution in [0.1, 0.15) is 77.2 Å². The number of likely N-dealkylation sites (tertiary alicyclic amines) is 2. The first-order valence-corrected chi connectivity index (χ1v) is 15.8. The van der Waals surface area contributed by atoms with E-state index in [0.717, 1.165) is 39.1 Å². The van der Waals surface area contributed by atoms with Gasteiger partial charge in [0.05, 0.1) is 10.7 Å². The second-order valence-electron chi connectivity index (χ2n) is 12.5. The molecule has 0 amide bonds. The lowest BCUT2D eigenvalue weighted by Crippen LogP contribution is -2.42. The number of aliphatic carboxylic acids is 1. The standard InChI is InChI=1S/C34H45N3O2S/c1-23(2)17-31(34(38)39)37-21-29(30(22-37)28-12-8-9-24(3)18-28)20-36-15-13-27(14-16-36)33-25(4)35-32(40-33)19-26-10-6-5-7-11-26/h5-12,18,23,27,29-31H,13-17,19-22H2,1-4H3,(H,38,39)/t29-,30+,31+/m0/s1. The summed E-state index contributed by atoms with van der Waals surface area (Å²) in [5, 5.41) is 11.3. The van der Waals surface area contributed by atoms with E-state index >= 15 is 0 Å². The van der Waals surface area contributed by atoms with Crippen molar-refractivity contribution in [3.63, 3.8) is 0 Å². The van der Waals surface area contributed by atoms with E-state index in [1.54, 1.807) is 0 Å². The average molecular weight is 560 g/mol. The van der Waals surface area contributed by atoms with E-state index in [9.17, 15) is 9.90 Å². The van der Waals surface area contributed by atoms with Crippen LogP contribution < -0.4 is 0 Å². The molecule has 2 aliphatic heterocycles. The Kier molecular flexibility index (Phi) is 9.39. The van der Waals surface area contributed by atoms with Crippen molar-refractivity contribution in [2.75, 3.05) is 32.7 Å². The molecule has 2 aliphatic rings. The highest BCUT2D eigenvalue weighted by Gasteiger charge is 2.40. The minimum Gasteiger partial charge on any atom is -0.480 e. The number of aromatic nitrogens is 1. The number of hydrogen-bond donors (Lipinski definition) is 1. The number of aryl methyl sites for hydroxylation is 2. The van der Waals surface area contributed by atoms with Crippen molar-refractivity contribution in [2.45, 2.75) is 71.3 Å². The topological polar surface area (TPSA) is 56.7 Å². The van der Waals surface area contributed by atoms with Gasteiger partial charge in [0.25, 0.3) is 0 Å². The van der Waals surface area contributed by atoms with Crippen LogP contribution in [0.2, 0.25) is 0 Å². The minimum absolute atomic E-state index is 0.361. The predicted molar refractivity (Wildman–Crippen MR) is 164 cm³/mol. The summed E-state index contributed by atoms with van der Waals surface area (Å²) in [6.07, 6.45) is 3.96. The van der Waals surface area contributed by atoms with E-state index in [0.29, 0.717) is 30.1 Å². The van der Waals surface area contributed by atoms with Crippen molar-refractivity contribution in [2.24, 2.45) is 11.8 Å². The van der Waals surface area contributed by atoms with Crippen LogP contribution in [0.3, 0.4) is 0 Å². The zero-order valence-electron chi connectivity index (χ0n) is 24.6. The number of hydrogen-bond acceptors (Lipinski definition) is 5. The number of rotatable bonds is 10. The fraction of sp³-hybridized carbons (Fsp3) is 0.529. The number of piperidine rings is 1. The van der Waals surface area contributed by atoms with Gasteiger partial charge < -0.3 is 10.0 Å². The highest BCUT2D eigenvalue weighted by molar-refractivity contribution is 7.11. The number of benzene rings is 2. The monoisotopic (exact) mass is 559 g/mol. The van der Waals surface area contributed by atoms with Gasteiger partial charge in [-0.2, -0.15) is 0 Å². The second kappa shape index (κ2) is 13.0. The van der Waals surface area contributed by atoms with E-state index in [4.69, 9.17) is 4.98 Å². The maximum Gasteiger partial charge on any atom is 0.320 e. The van der Waals surface area contributed by atoms with Crippen LogP contribution in [0.4, 0.5) is 0 Å². The number of nitrogens with zero attached hydrogens (tertiary/aromatic N) is 3. The third-order valence-electron chi connectivity index (χ3n) is 8.89. The van der Waals surface area contributed by atoms with E-state index in [2.05, 4.69) is 92.1 Å². The van der Waals surface area contributed by atoms with Gasteiger partial charge in [0.2, 0.25) is 0 Å². The molecule has 2 saturated heterocycles. The molecule has 0 spiro atoms. The molecule has 3 aromatic rings. The molecular weight excluding hydrogens is 514 g/mol. The number of thiazole rings is 1. The van der Waals surface area contributed by atoms with Gasteiger partial charge in [-0.05, 0) is 75.1 Å². The predicted octanol–water partition coefficient (Wildman–Crippen LogP) is 6.75. The Balaban J connectivity index is 1.24. The average Bonchev–Trinajstić information content (AvgIpc) is 3.51. The molecule has 5 rings (SSSR count). The summed E-state index contributed by atoms with van der Waals surface area (Å²) in [5.74, 6) is 1.09. The Morgan fingerprint density at radius 1 is 1.05 bits per heavy atom. The van der Waals surface area contributed by atoms with E-state index < -0.39 is 12.0 Å². The molecular formula is C34H45N3O2S. The van der Waals surface area contributed by atoms with Crippen molar-refractivity contribution in [1.29, 1.82) is 0 Å². The molecule has 40 heavy (non-hydrogen) atoms. The van der Waals surface area contributed by atoms with E-state index in [1.165, 1.54) is 45.1 Å². The first kappa shape index (κ1) is 29.0. The van der Waals surface area contributed by atoms with Crippen molar-refractivity contribution in [3.8, 4) is 0 Å². The van der Waals surface area contributed by atoms with Gasteiger partial charge in [0.15, 0.2) is 0 Å². The van der Waals surface area contributed by atoms with Crippen molar-refractivity contribution in [3.05, 3.63) is 86.9 Å². The van der Waals surface area contributed by atoms with Crippen LogP contribution in [-0.4, -0.2) is 64.6 Å². The fourth-order valence-electron chi connectivity index (χ4n) is 6.88. The third-order valence-corrected chi connectivity index (χ3v) is 10.2. The lowest BCUT2D eigenvalue weighted by Gasteiger charge is -2.34. The Bertz CT molecular complexity index is 1270. The number of carboxylic acids is 1. The lowest BCUT2D eigenvalue weighted by molar-refractivity contribution is -0.143. The zero-order chi connectivity index (χ0) is 28.2. The maximum absolute atomic E-state index is 12.3. The molecule has 0 aliphatic carbocycles. The summed E-state index contributed by atoms with van der Waals surface area (Å²) in [4.78, 5) is 23.6. The Morgan fingerprint density at radius 3 is 2.48 bits per heavy atom. The molecule has 3 heterocycles. The fourth-order valence-corrected chi connectivity index (χ4v) is 8.15. The molecule has 0 unspecified atom stereocenters. The maximum atomic E-state index is 12.3. The smallest absolute Gasteiger partial charge is 0.320 e. The third kappa shape index (κ3) is 7.02. The van der Waals surface area contributed by atoms with Gasteiger partial charge in [0.1, 0.15) is 6.04 Å². The van der Waals surface area contributed by atoms with Crippen LogP contribution in [0, 0.1) is 25.7 Å². The van der Waals surface area contributed by atoms with Gasteiger partial charge in [-0.15, -0.1) is 11.3 Å². The zero-order valence-corrected chi connectivity index (χ0v) is 25.4. The second-order valence-corrected chi connectivity index (χ2v) is 13.6. The van der Waals surface area contributed by atoms with Crippen molar-refractivity contribution in [1.82, 2.24) is 14.8 Å². The van der Waals surface area contributed by atoms with Crippen LogP contribution in [0.5, 0.6) is 0 Å². The molecule has 0 saturated carbocycles. The normalized spacial score (nSPS) is 21.7. The molecule has 0 bridgehead atoms. The van der Waals surface area contributed by atoms with Gasteiger partial charge in [0, 0.05) is 36.9 Å². The first-order valence-electron chi connectivity index (χ1n) is 15.0. The van der Waals surface area contributed by atoms with E-state index in [1.807, 2.05) is 11.3 Å². The summed E-state index contributed by atoms with van der Waals surface area (Å²) in [5.41, 5.74) is 5.18. The van der Waals surface area contributed by atoms with Gasteiger partial charge in [-0.25, -0.2) is 4.98 Å².